The first kappa shape index (κ1) is 17.1. The summed E-state index contributed by atoms with van der Waals surface area (Å²) in [6.45, 7) is 2.69. The van der Waals surface area contributed by atoms with Crippen LogP contribution in [0.2, 0.25) is 0 Å². The lowest BCUT2D eigenvalue weighted by Crippen LogP contribution is -2.44. The van der Waals surface area contributed by atoms with E-state index in [2.05, 4.69) is 4.89 Å². The highest BCUT2D eigenvalue weighted by atomic mass is 17.2. The van der Waals surface area contributed by atoms with E-state index in [1.807, 2.05) is 18.2 Å². The molecule has 0 amide bonds. The lowest BCUT2D eigenvalue weighted by molar-refractivity contribution is -0.386. The molecule has 0 fully saturated rings. The average Bonchev–Trinajstić information content (AvgIpc) is 2.49. The van der Waals surface area contributed by atoms with Gasteiger partial charge in [0.1, 0.15) is 6.61 Å². The SMILES string of the molecule is CC(=O)OOC(C)(OCCN)C(=O)OCc1ccccc1. The molecule has 7 heteroatoms. The van der Waals surface area contributed by atoms with Gasteiger partial charge in [0.25, 0.3) is 0 Å². The molecule has 0 aliphatic rings. The van der Waals surface area contributed by atoms with Crippen molar-refractivity contribution in [1.82, 2.24) is 0 Å². The van der Waals surface area contributed by atoms with Crippen LogP contribution >= 0.6 is 0 Å². The molecule has 116 valence electrons. The molecule has 0 heterocycles. The summed E-state index contributed by atoms with van der Waals surface area (Å²) in [6, 6.07) is 9.10. The summed E-state index contributed by atoms with van der Waals surface area (Å²) in [4.78, 5) is 32.0. The molecule has 0 aromatic heterocycles. The normalized spacial score (nSPS) is 13.3. The second-order valence-electron chi connectivity index (χ2n) is 4.30. The second-order valence-corrected chi connectivity index (χ2v) is 4.30. The minimum absolute atomic E-state index is 0.0399. The minimum Gasteiger partial charge on any atom is -0.457 e. The van der Waals surface area contributed by atoms with Crippen molar-refractivity contribution < 1.29 is 28.8 Å². The first-order valence-electron chi connectivity index (χ1n) is 6.39. The van der Waals surface area contributed by atoms with Crippen LogP contribution in [0.15, 0.2) is 30.3 Å². The standard InChI is InChI=1S/C14H19NO6/c1-11(16)20-21-14(2,19-9-8-15)13(17)18-10-12-6-4-3-5-7-12/h3-7H,8-10,15H2,1-2H3. The van der Waals surface area contributed by atoms with E-state index in [0.717, 1.165) is 12.5 Å². The van der Waals surface area contributed by atoms with E-state index in [1.54, 1.807) is 12.1 Å². The maximum absolute atomic E-state index is 12.1. The zero-order chi connectivity index (χ0) is 15.7. The Bertz CT molecular complexity index is 464. The van der Waals surface area contributed by atoms with Crippen molar-refractivity contribution in [3.05, 3.63) is 35.9 Å². The number of nitrogens with two attached hydrogens (primary N) is 1. The molecular weight excluding hydrogens is 278 g/mol. The summed E-state index contributed by atoms with van der Waals surface area (Å²) < 4.78 is 10.3. The molecule has 0 radical (unpaired) electrons. The maximum atomic E-state index is 12.1. The molecule has 1 aromatic carbocycles. The van der Waals surface area contributed by atoms with Crippen molar-refractivity contribution in [1.29, 1.82) is 0 Å². The number of hydrogen-bond acceptors (Lipinski definition) is 7. The van der Waals surface area contributed by atoms with Gasteiger partial charge in [-0.05, 0) is 5.56 Å². The number of carbonyl (C=O) groups excluding carboxylic acids is 2. The van der Waals surface area contributed by atoms with Crippen LogP contribution in [0.4, 0.5) is 0 Å². The molecule has 21 heavy (non-hydrogen) atoms. The van der Waals surface area contributed by atoms with Crippen LogP contribution < -0.4 is 5.73 Å². The Balaban J connectivity index is 2.63. The average molecular weight is 297 g/mol. The predicted octanol–water partition coefficient (Wildman–Crippen LogP) is 0.916. The highest BCUT2D eigenvalue weighted by Crippen LogP contribution is 2.17. The van der Waals surface area contributed by atoms with Gasteiger partial charge in [0.05, 0.1) is 6.61 Å². The van der Waals surface area contributed by atoms with Gasteiger partial charge in [0.2, 0.25) is 0 Å². The van der Waals surface area contributed by atoms with Crippen molar-refractivity contribution in [2.75, 3.05) is 13.2 Å². The van der Waals surface area contributed by atoms with E-state index in [-0.39, 0.29) is 19.8 Å². The van der Waals surface area contributed by atoms with Gasteiger partial charge >= 0.3 is 17.7 Å². The van der Waals surface area contributed by atoms with Gasteiger partial charge in [-0.25, -0.2) is 9.59 Å². The zero-order valence-corrected chi connectivity index (χ0v) is 12.0. The molecule has 1 aromatic rings. The Labute approximate surface area is 122 Å². The minimum atomic E-state index is -1.86. The number of rotatable bonds is 8. The summed E-state index contributed by atoms with van der Waals surface area (Å²) in [7, 11) is 0. The fraction of sp³-hybridized carbons (Fsp3) is 0.429. The predicted molar refractivity (Wildman–Crippen MR) is 72.5 cm³/mol. The van der Waals surface area contributed by atoms with Crippen LogP contribution in [0.25, 0.3) is 0 Å². The maximum Gasteiger partial charge on any atom is 0.370 e. The molecule has 0 spiro atoms. The van der Waals surface area contributed by atoms with Gasteiger partial charge in [-0.3, -0.25) is 4.89 Å². The molecule has 1 unspecified atom stereocenters. The topological polar surface area (TPSA) is 97.1 Å². The smallest absolute Gasteiger partial charge is 0.370 e. The third-order valence-corrected chi connectivity index (χ3v) is 2.40. The summed E-state index contributed by atoms with van der Waals surface area (Å²) in [5, 5.41) is 0. The molecular formula is C14H19NO6. The van der Waals surface area contributed by atoms with Crippen molar-refractivity contribution >= 4 is 11.9 Å². The number of esters is 1. The number of carbonyl (C=O) groups is 2. The molecule has 0 aliphatic heterocycles. The highest BCUT2D eigenvalue weighted by Gasteiger charge is 2.40. The van der Waals surface area contributed by atoms with Crippen molar-refractivity contribution in [2.24, 2.45) is 5.73 Å². The zero-order valence-electron chi connectivity index (χ0n) is 12.0. The van der Waals surface area contributed by atoms with E-state index in [9.17, 15) is 9.59 Å². The van der Waals surface area contributed by atoms with Crippen LogP contribution in [-0.2, 0) is 35.4 Å². The van der Waals surface area contributed by atoms with Crippen molar-refractivity contribution in [3.63, 3.8) is 0 Å². The quantitative estimate of drug-likeness (QED) is 0.330. The Hall–Kier alpha value is -1.96. The third kappa shape index (κ3) is 5.90. The van der Waals surface area contributed by atoms with Crippen LogP contribution in [0, 0.1) is 0 Å². The molecule has 0 aliphatic carbocycles. The Morgan fingerprint density at radius 2 is 1.90 bits per heavy atom. The van der Waals surface area contributed by atoms with E-state index in [1.165, 1.54) is 6.92 Å². The van der Waals surface area contributed by atoms with Crippen LogP contribution in [0.3, 0.4) is 0 Å². The van der Waals surface area contributed by atoms with Gasteiger partial charge in [0, 0.05) is 20.4 Å². The molecule has 7 nitrogen and oxygen atoms in total. The third-order valence-electron chi connectivity index (χ3n) is 2.40. The van der Waals surface area contributed by atoms with Crippen LogP contribution in [-0.4, -0.2) is 30.9 Å². The fourth-order valence-corrected chi connectivity index (χ4v) is 1.36. The van der Waals surface area contributed by atoms with Gasteiger partial charge in [-0.2, -0.15) is 0 Å². The van der Waals surface area contributed by atoms with Crippen LogP contribution in [0.1, 0.15) is 19.4 Å². The first-order valence-corrected chi connectivity index (χ1v) is 6.39. The molecule has 1 rings (SSSR count). The highest BCUT2D eigenvalue weighted by molar-refractivity contribution is 5.77. The van der Waals surface area contributed by atoms with Gasteiger partial charge in [-0.15, -0.1) is 4.89 Å². The van der Waals surface area contributed by atoms with Gasteiger partial charge in [-0.1, -0.05) is 30.3 Å². The molecule has 0 bridgehead atoms. The Morgan fingerprint density at radius 3 is 2.48 bits per heavy atom. The van der Waals surface area contributed by atoms with E-state index < -0.39 is 17.7 Å². The van der Waals surface area contributed by atoms with Crippen LogP contribution in [0.5, 0.6) is 0 Å². The van der Waals surface area contributed by atoms with Crippen molar-refractivity contribution in [3.8, 4) is 0 Å². The summed E-state index contributed by atoms with van der Waals surface area (Å²) in [5.41, 5.74) is 6.12. The molecule has 0 saturated carbocycles. The Kier molecular flexibility index (Phi) is 6.80. The first-order chi connectivity index (χ1) is 9.98. The molecule has 0 saturated heterocycles. The fourth-order valence-electron chi connectivity index (χ4n) is 1.36. The van der Waals surface area contributed by atoms with E-state index in [0.29, 0.717) is 0 Å². The summed E-state index contributed by atoms with van der Waals surface area (Å²) >= 11 is 0. The molecule has 2 N–H and O–H groups in total. The monoisotopic (exact) mass is 297 g/mol. The Morgan fingerprint density at radius 1 is 1.24 bits per heavy atom. The lowest BCUT2D eigenvalue weighted by Gasteiger charge is -2.25. The second kappa shape index (κ2) is 8.35. The van der Waals surface area contributed by atoms with Gasteiger partial charge in [0.15, 0.2) is 0 Å². The largest absolute Gasteiger partial charge is 0.457 e. The summed E-state index contributed by atoms with van der Waals surface area (Å²) in [6.07, 6.45) is 0. The lowest BCUT2D eigenvalue weighted by atomic mass is 10.2. The molecule has 1 atom stereocenters. The van der Waals surface area contributed by atoms with Gasteiger partial charge < -0.3 is 15.2 Å². The van der Waals surface area contributed by atoms with Crippen molar-refractivity contribution in [2.45, 2.75) is 26.2 Å². The number of ether oxygens (including phenoxy) is 2. The number of benzene rings is 1. The van der Waals surface area contributed by atoms with E-state index >= 15 is 0 Å². The van der Waals surface area contributed by atoms with E-state index in [4.69, 9.17) is 20.1 Å². The summed E-state index contributed by atoms with van der Waals surface area (Å²) in [5.74, 6) is -3.39. The number of hydrogen-bond donors (Lipinski definition) is 1.